The molecule has 1 fully saturated rings. The molecule has 1 rings (SSSR count). The Morgan fingerprint density at radius 1 is 1.20 bits per heavy atom. The molecule has 1 unspecified atom stereocenters. The molecule has 0 aromatic rings. The van der Waals surface area contributed by atoms with Gasteiger partial charge in [0, 0.05) is 0 Å². The third kappa shape index (κ3) is 5.67. The molecule has 0 aromatic carbocycles. The fraction of sp³-hybridized carbons (Fsp3) is 0.824. The number of hydrogen-bond acceptors (Lipinski definition) is 6. The SMILES string of the molecule is COC(=O)[C@H](COC1(C)CCCCC1(C)C)NC(=O)[C@@H](N)CC(=O)O. The van der Waals surface area contributed by atoms with E-state index in [4.69, 9.17) is 20.3 Å². The number of carbonyl (C=O) groups excluding carboxylic acids is 2. The molecule has 144 valence electrons. The summed E-state index contributed by atoms with van der Waals surface area (Å²) in [5.41, 5.74) is 5.05. The molecule has 1 aliphatic carbocycles. The van der Waals surface area contributed by atoms with Gasteiger partial charge >= 0.3 is 11.9 Å². The number of nitrogens with two attached hydrogens (primary N) is 1. The van der Waals surface area contributed by atoms with Crippen molar-refractivity contribution in [1.29, 1.82) is 0 Å². The summed E-state index contributed by atoms with van der Waals surface area (Å²) in [4.78, 5) is 34.6. The quantitative estimate of drug-likeness (QED) is 0.548. The van der Waals surface area contributed by atoms with Crippen molar-refractivity contribution in [1.82, 2.24) is 5.32 Å². The average molecular weight is 358 g/mol. The van der Waals surface area contributed by atoms with E-state index in [1.54, 1.807) is 0 Å². The van der Waals surface area contributed by atoms with Crippen molar-refractivity contribution in [2.45, 2.75) is 70.6 Å². The lowest BCUT2D eigenvalue weighted by molar-refractivity contribution is -0.160. The maximum Gasteiger partial charge on any atom is 0.330 e. The first-order chi connectivity index (χ1) is 11.5. The lowest BCUT2D eigenvalue weighted by atomic mass is 9.66. The van der Waals surface area contributed by atoms with Crippen molar-refractivity contribution in [2.24, 2.45) is 11.1 Å². The minimum Gasteiger partial charge on any atom is -0.481 e. The van der Waals surface area contributed by atoms with Gasteiger partial charge in [0.1, 0.15) is 0 Å². The van der Waals surface area contributed by atoms with Crippen LogP contribution < -0.4 is 11.1 Å². The zero-order valence-electron chi connectivity index (χ0n) is 15.5. The van der Waals surface area contributed by atoms with Gasteiger partial charge in [0.15, 0.2) is 6.04 Å². The van der Waals surface area contributed by atoms with Crippen LogP contribution in [0, 0.1) is 5.41 Å². The molecule has 0 heterocycles. The maximum absolute atomic E-state index is 12.0. The van der Waals surface area contributed by atoms with Crippen LogP contribution >= 0.6 is 0 Å². The van der Waals surface area contributed by atoms with Crippen molar-refractivity contribution < 1.29 is 29.0 Å². The molecular weight excluding hydrogens is 328 g/mol. The van der Waals surface area contributed by atoms with Crippen LogP contribution in [0.1, 0.15) is 52.9 Å². The van der Waals surface area contributed by atoms with Gasteiger partial charge in [-0.2, -0.15) is 0 Å². The monoisotopic (exact) mass is 358 g/mol. The molecule has 0 saturated heterocycles. The molecule has 4 N–H and O–H groups in total. The molecule has 0 aromatic heterocycles. The summed E-state index contributed by atoms with van der Waals surface area (Å²) in [5, 5.41) is 11.1. The summed E-state index contributed by atoms with van der Waals surface area (Å²) in [6.45, 7) is 6.21. The van der Waals surface area contributed by atoms with Crippen LogP contribution in [0.15, 0.2) is 0 Å². The summed E-state index contributed by atoms with van der Waals surface area (Å²) >= 11 is 0. The molecule has 0 bridgehead atoms. The summed E-state index contributed by atoms with van der Waals surface area (Å²) in [6, 6.07) is -2.28. The van der Waals surface area contributed by atoms with Gasteiger partial charge < -0.3 is 25.6 Å². The molecule has 0 spiro atoms. The highest BCUT2D eigenvalue weighted by Gasteiger charge is 2.44. The molecule has 0 radical (unpaired) electrons. The van der Waals surface area contributed by atoms with Crippen molar-refractivity contribution in [3.63, 3.8) is 0 Å². The molecule has 8 heteroatoms. The minimum atomic E-state index is -1.24. The number of carboxylic acid groups (broad SMARTS) is 1. The smallest absolute Gasteiger partial charge is 0.330 e. The third-order valence-electron chi connectivity index (χ3n) is 5.24. The Balaban J connectivity index is 2.75. The first-order valence-electron chi connectivity index (χ1n) is 8.52. The number of nitrogens with one attached hydrogen (secondary N) is 1. The Morgan fingerprint density at radius 2 is 1.80 bits per heavy atom. The second-order valence-corrected chi connectivity index (χ2v) is 7.42. The van der Waals surface area contributed by atoms with Crippen LogP contribution in [0.3, 0.4) is 0 Å². The topological polar surface area (TPSA) is 128 Å². The van der Waals surface area contributed by atoms with Crippen LogP contribution in [0.25, 0.3) is 0 Å². The Bertz CT molecular complexity index is 507. The molecule has 3 atom stereocenters. The number of aliphatic carboxylic acids is 1. The summed E-state index contributed by atoms with van der Waals surface area (Å²) in [5.74, 6) is -2.58. The van der Waals surface area contributed by atoms with Gasteiger partial charge in [0.05, 0.1) is 31.8 Å². The summed E-state index contributed by atoms with van der Waals surface area (Å²) < 4.78 is 10.8. The van der Waals surface area contributed by atoms with Gasteiger partial charge in [-0.15, -0.1) is 0 Å². The summed E-state index contributed by atoms with van der Waals surface area (Å²) in [6.07, 6.45) is 3.53. The van der Waals surface area contributed by atoms with E-state index >= 15 is 0 Å². The highest BCUT2D eigenvalue weighted by atomic mass is 16.5. The lowest BCUT2D eigenvalue weighted by Gasteiger charge is -2.48. The normalized spacial score (nSPS) is 24.8. The minimum absolute atomic E-state index is 0.0574. The van der Waals surface area contributed by atoms with E-state index in [-0.39, 0.29) is 12.0 Å². The van der Waals surface area contributed by atoms with E-state index in [1.165, 1.54) is 7.11 Å². The number of ether oxygens (including phenoxy) is 2. The third-order valence-corrected chi connectivity index (χ3v) is 5.24. The van der Waals surface area contributed by atoms with Crippen molar-refractivity contribution in [3.05, 3.63) is 0 Å². The lowest BCUT2D eigenvalue weighted by Crippen LogP contribution is -2.54. The predicted octanol–water partition coefficient (Wildman–Crippen LogP) is 0.822. The van der Waals surface area contributed by atoms with Gasteiger partial charge in [-0.3, -0.25) is 9.59 Å². The van der Waals surface area contributed by atoms with E-state index in [1.807, 2.05) is 6.92 Å². The first kappa shape index (κ1) is 21.4. The predicted molar refractivity (Wildman–Crippen MR) is 90.8 cm³/mol. The number of carbonyl (C=O) groups is 3. The number of hydrogen-bond donors (Lipinski definition) is 3. The molecule has 25 heavy (non-hydrogen) atoms. The number of methoxy groups -OCH3 is 1. The Kier molecular flexibility index (Phi) is 7.37. The largest absolute Gasteiger partial charge is 0.481 e. The fourth-order valence-corrected chi connectivity index (χ4v) is 3.04. The molecule has 0 aliphatic heterocycles. The average Bonchev–Trinajstić information content (AvgIpc) is 2.52. The number of amides is 1. The molecule has 8 nitrogen and oxygen atoms in total. The molecular formula is C17H30N2O6. The van der Waals surface area contributed by atoms with Gasteiger partial charge in [-0.25, -0.2) is 4.79 Å². The van der Waals surface area contributed by atoms with Crippen LogP contribution in [0.4, 0.5) is 0 Å². The fourth-order valence-electron chi connectivity index (χ4n) is 3.04. The molecule has 1 saturated carbocycles. The summed E-state index contributed by atoms with van der Waals surface area (Å²) in [7, 11) is 1.21. The number of rotatable bonds is 8. The van der Waals surface area contributed by atoms with Gasteiger partial charge in [0.25, 0.3) is 0 Å². The Labute approximate surface area is 148 Å². The highest BCUT2D eigenvalue weighted by Crippen LogP contribution is 2.45. The van der Waals surface area contributed by atoms with E-state index < -0.39 is 42.0 Å². The standard InChI is InChI=1S/C17H30N2O6/c1-16(2)7-5-6-8-17(16,3)25-10-12(15(23)24-4)19-14(22)11(18)9-13(20)21/h11-12H,5-10,18H2,1-4H3,(H,19,22)(H,20,21)/t11-,12-,17?/m0/s1. The van der Waals surface area contributed by atoms with E-state index in [2.05, 4.69) is 19.2 Å². The van der Waals surface area contributed by atoms with Crippen LogP contribution in [-0.2, 0) is 23.9 Å². The number of carboxylic acids is 1. The van der Waals surface area contributed by atoms with E-state index in [0.29, 0.717) is 0 Å². The van der Waals surface area contributed by atoms with Crippen molar-refractivity contribution in [3.8, 4) is 0 Å². The second kappa shape index (κ2) is 8.62. The molecule has 1 amide bonds. The highest BCUT2D eigenvalue weighted by molar-refractivity contribution is 5.89. The zero-order valence-corrected chi connectivity index (χ0v) is 15.5. The van der Waals surface area contributed by atoms with E-state index in [9.17, 15) is 14.4 Å². The van der Waals surface area contributed by atoms with Crippen molar-refractivity contribution in [2.75, 3.05) is 13.7 Å². The zero-order chi connectivity index (χ0) is 19.3. The van der Waals surface area contributed by atoms with Gasteiger partial charge in [-0.1, -0.05) is 26.7 Å². The second-order valence-electron chi connectivity index (χ2n) is 7.42. The van der Waals surface area contributed by atoms with Crippen LogP contribution in [0.2, 0.25) is 0 Å². The van der Waals surface area contributed by atoms with E-state index in [0.717, 1.165) is 25.7 Å². The molecule has 1 aliphatic rings. The first-order valence-corrected chi connectivity index (χ1v) is 8.52. The van der Waals surface area contributed by atoms with Crippen LogP contribution in [0.5, 0.6) is 0 Å². The Hall–Kier alpha value is -1.67. The van der Waals surface area contributed by atoms with Crippen molar-refractivity contribution >= 4 is 17.8 Å². The van der Waals surface area contributed by atoms with Crippen LogP contribution in [-0.4, -0.2) is 54.4 Å². The number of esters is 1. The Morgan fingerprint density at radius 3 is 2.32 bits per heavy atom. The van der Waals surface area contributed by atoms with Gasteiger partial charge in [0.2, 0.25) is 5.91 Å². The van der Waals surface area contributed by atoms with Gasteiger partial charge in [-0.05, 0) is 25.2 Å². The maximum atomic E-state index is 12.0.